The third kappa shape index (κ3) is 4.21. The molecule has 0 radical (unpaired) electrons. The second kappa shape index (κ2) is 6.69. The Morgan fingerprint density at radius 2 is 2.00 bits per heavy atom. The summed E-state index contributed by atoms with van der Waals surface area (Å²) in [6.07, 6.45) is 3.10. The minimum absolute atomic E-state index is 0.426. The second-order valence-corrected chi connectivity index (χ2v) is 5.56. The maximum atomic E-state index is 5.83. The van der Waals surface area contributed by atoms with Crippen LogP contribution in [0.4, 0.5) is 0 Å². The summed E-state index contributed by atoms with van der Waals surface area (Å²) in [7, 11) is 4.24. The van der Waals surface area contributed by atoms with Gasteiger partial charge in [0, 0.05) is 19.6 Å². The predicted molar refractivity (Wildman–Crippen MR) is 70.3 cm³/mol. The molecule has 0 spiro atoms. The molecule has 1 atom stereocenters. The molecule has 2 heterocycles. The topological polar surface area (TPSA) is 27.7 Å². The standard InChI is InChI=1S/C13H27N3O/c1-14-9-12-3-5-16(6-4-12)11-13-10-15(2)7-8-17-13/h12-14H,3-11H2,1-2H3. The number of ether oxygens (including phenoxy) is 1. The maximum Gasteiger partial charge on any atom is 0.0829 e. The summed E-state index contributed by atoms with van der Waals surface area (Å²) >= 11 is 0. The van der Waals surface area contributed by atoms with Gasteiger partial charge in [0.1, 0.15) is 0 Å². The van der Waals surface area contributed by atoms with Gasteiger partial charge in [-0.25, -0.2) is 0 Å². The van der Waals surface area contributed by atoms with Crippen LogP contribution in [-0.2, 0) is 4.74 Å². The van der Waals surface area contributed by atoms with E-state index in [1.165, 1.54) is 32.5 Å². The molecule has 1 unspecified atom stereocenters. The zero-order valence-corrected chi connectivity index (χ0v) is 11.3. The van der Waals surface area contributed by atoms with Crippen LogP contribution in [0.1, 0.15) is 12.8 Å². The Balaban J connectivity index is 1.67. The summed E-state index contributed by atoms with van der Waals surface area (Å²) < 4.78 is 5.83. The Morgan fingerprint density at radius 3 is 2.65 bits per heavy atom. The van der Waals surface area contributed by atoms with Gasteiger partial charge in [-0.3, -0.25) is 0 Å². The number of nitrogens with one attached hydrogen (secondary N) is 1. The van der Waals surface area contributed by atoms with Gasteiger partial charge in [0.2, 0.25) is 0 Å². The van der Waals surface area contributed by atoms with E-state index in [-0.39, 0.29) is 0 Å². The van der Waals surface area contributed by atoms with Crippen LogP contribution in [0.5, 0.6) is 0 Å². The fourth-order valence-electron chi connectivity index (χ4n) is 2.93. The van der Waals surface area contributed by atoms with E-state index in [1.807, 2.05) is 0 Å². The number of hydrogen-bond acceptors (Lipinski definition) is 4. The van der Waals surface area contributed by atoms with E-state index in [4.69, 9.17) is 4.74 Å². The molecular formula is C13H27N3O. The average Bonchev–Trinajstić information content (AvgIpc) is 2.32. The van der Waals surface area contributed by atoms with Crippen molar-refractivity contribution in [1.29, 1.82) is 0 Å². The molecule has 100 valence electrons. The highest BCUT2D eigenvalue weighted by Gasteiger charge is 2.24. The fraction of sp³-hybridized carbons (Fsp3) is 1.00. The van der Waals surface area contributed by atoms with Gasteiger partial charge in [-0.05, 0) is 52.5 Å². The predicted octanol–water partition coefficient (Wildman–Crippen LogP) is 0.248. The van der Waals surface area contributed by atoms with Crippen molar-refractivity contribution < 1.29 is 4.74 Å². The third-order valence-corrected chi connectivity index (χ3v) is 4.00. The van der Waals surface area contributed by atoms with Crippen molar-refractivity contribution in [3.63, 3.8) is 0 Å². The largest absolute Gasteiger partial charge is 0.374 e. The zero-order valence-electron chi connectivity index (χ0n) is 11.3. The van der Waals surface area contributed by atoms with Gasteiger partial charge in [-0.15, -0.1) is 0 Å². The zero-order chi connectivity index (χ0) is 12.1. The first-order valence-corrected chi connectivity index (χ1v) is 6.95. The molecule has 4 nitrogen and oxygen atoms in total. The van der Waals surface area contributed by atoms with E-state index in [0.29, 0.717) is 6.10 Å². The molecular weight excluding hydrogens is 214 g/mol. The van der Waals surface area contributed by atoms with Crippen molar-refractivity contribution in [1.82, 2.24) is 15.1 Å². The molecule has 2 fully saturated rings. The molecule has 0 amide bonds. The lowest BCUT2D eigenvalue weighted by Crippen LogP contribution is -2.48. The van der Waals surface area contributed by atoms with E-state index in [2.05, 4.69) is 29.2 Å². The van der Waals surface area contributed by atoms with E-state index >= 15 is 0 Å². The van der Waals surface area contributed by atoms with E-state index in [9.17, 15) is 0 Å². The number of morpholine rings is 1. The number of hydrogen-bond donors (Lipinski definition) is 1. The van der Waals surface area contributed by atoms with Gasteiger partial charge in [0.05, 0.1) is 12.7 Å². The lowest BCUT2D eigenvalue weighted by molar-refractivity contribution is -0.0393. The minimum Gasteiger partial charge on any atom is -0.374 e. The molecule has 2 aliphatic heterocycles. The molecule has 2 aliphatic rings. The van der Waals surface area contributed by atoms with Gasteiger partial charge in [0.15, 0.2) is 0 Å². The van der Waals surface area contributed by atoms with Crippen LogP contribution in [0.25, 0.3) is 0 Å². The summed E-state index contributed by atoms with van der Waals surface area (Å²) in [5.74, 6) is 0.881. The van der Waals surface area contributed by atoms with Gasteiger partial charge in [-0.2, -0.15) is 0 Å². The first kappa shape index (κ1) is 13.3. The molecule has 17 heavy (non-hydrogen) atoms. The second-order valence-electron chi connectivity index (χ2n) is 5.56. The third-order valence-electron chi connectivity index (χ3n) is 4.00. The monoisotopic (exact) mass is 241 g/mol. The number of likely N-dealkylation sites (N-methyl/N-ethyl adjacent to an activating group) is 1. The van der Waals surface area contributed by atoms with Crippen LogP contribution in [0.3, 0.4) is 0 Å². The SMILES string of the molecule is CNCC1CCN(CC2CN(C)CCO2)CC1. The highest BCUT2D eigenvalue weighted by Crippen LogP contribution is 2.17. The van der Waals surface area contributed by atoms with Gasteiger partial charge < -0.3 is 19.9 Å². The number of piperidine rings is 1. The van der Waals surface area contributed by atoms with Crippen molar-refractivity contribution in [3.05, 3.63) is 0 Å². The number of nitrogens with zero attached hydrogens (tertiary/aromatic N) is 2. The maximum absolute atomic E-state index is 5.83. The molecule has 0 bridgehead atoms. The quantitative estimate of drug-likeness (QED) is 0.763. The van der Waals surface area contributed by atoms with Crippen molar-refractivity contribution >= 4 is 0 Å². The summed E-state index contributed by atoms with van der Waals surface area (Å²) in [4.78, 5) is 4.96. The Morgan fingerprint density at radius 1 is 1.24 bits per heavy atom. The Hall–Kier alpha value is -0.160. The van der Waals surface area contributed by atoms with Crippen molar-refractivity contribution in [2.75, 3.05) is 60.0 Å². The molecule has 0 aliphatic carbocycles. The Labute approximate surface area is 105 Å². The van der Waals surface area contributed by atoms with Crippen molar-refractivity contribution in [2.24, 2.45) is 5.92 Å². The lowest BCUT2D eigenvalue weighted by atomic mass is 9.96. The highest BCUT2D eigenvalue weighted by molar-refractivity contribution is 4.78. The van der Waals surface area contributed by atoms with Crippen LogP contribution < -0.4 is 5.32 Å². The summed E-state index contributed by atoms with van der Waals surface area (Å²) in [6, 6.07) is 0. The van der Waals surface area contributed by atoms with E-state index < -0.39 is 0 Å². The number of rotatable bonds is 4. The molecule has 0 saturated carbocycles. The normalized spacial score (nSPS) is 29.6. The summed E-state index contributed by atoms with van der Waals surface area (Å²) in [5, 5.41) is 3.29. The van der Waals surface area contributed by atoms with Crippen molar-refractivity contribution in [3.8, 4) is 0 Å². The molecule has 2 rings (SSSR count). The van der Waals surface area contributed by atoms with E-state index in [0.717, 1.165) is 32.2 Å². The van der Waals surface area contributed by atoms with Gasteiger partial charge >= 0.3 is 0 Å². The molecule has 2 saturated heterocycles. The molecule has 0 aromatic carbocycles. The molecule has 4 heteroatoms. The molecule has 1 N–H and O–H groups in total. The molecule has 0 aromatic rings. The molecule has 0 aromatic heterocycles. The van der Waals surface area contributed by atoms with Gasteiger partial charge in [-0.1, -0.05) is 0 Å². The average molecular weight is 241 g/mol. The Bertz CT molecular complexity index is 217. The van der Waals surface area contributed by atoms with Gasteiger partial charge in [0.25, 0.3) is 0 Å². The van der Waals surface area contributed by atoms with Crippen LogP contribution in [-0.4, -0.2) is 75.9 Å². The highest BCUT2D eigenvalue weighted by atomic mass is 16.5. The summed E-state index contributed by atoms with van der Waals surface area (Å²) in [5.41, 5.74) is 0. The van der Waals surface area contributed by atoms with Crippen LogP contribution >= 0.6 is 0 Å². The Kier molecular flexibility index (Phi) is 5.22. The van der Waals surface area contributed by atoms with Crippen LogP contribution in [0.2, 0.25) is 0 Å². The van der Waals surface area contributed by atoms with Crippen molar-refractivity contribution in [2.45, 2.75) is 18.9 Å². The minimum atomic E-state index is 0.426. The summed E-state index contributed by atoms with van der Waals surface area (Å²) in [6.45, 7) is 7.87. The fourth-order valence-corrected chi connectivity index (χ4v) is 2.93. The first-order valence-electron chi connectivity index (χ1n) is 6.95. The van der Waals surface area contributed by atoms with E-state index in [1.54, 1.807) is 0 Å². The first-order chi connectivity index (χ1) is 8.28. The lowest BCUT2D eigenvalue weighted by Gasteiger charge is -2.37. The smallest absolute Gasteiger partial charge is 0.0829 e. The van der Waals surface area contributed by atoms with Crippen LogP contribution in [0, 0.1) is 5.92 Å². The number of likely N-dealkylation sites (tertiary alicyclic amines) is 1. The van der Waals surface area contributed by atoms with Crippen LogP contribution in [0.15, 0.2) is 0 Å².